The maximum atomic E-state index is 12.2. The second-order valence-electron chi connectivity index (χ2n) is 5.87. The standard InChI is InChI=1S/C9H8F3NO.C8H18O3S/c1-6-2-4-7(5-3-6)8(13-14)9(10,11)12;1-2-3-4-5-6-7-8-12(9,10)11/h2-5,14H,1H3;2-8H2,1H3,(H,9,10,11). The smallest absolute Gasteiger partial charge is 0.410 e. The average molecular weight is 397 g/mol. The van der Waals surface area contributed by atoms with E-state index in [9.17, 15) is 21.6 Å². The monoisotopic (exact) mass is 397 g/mol. The lowest BCUT2D eigenvalue weighted by molar-refractivity contribution is -0.0601. The first kappa shape index (κ1) is 24.4. The van der Waals surface area contributed by atoms with Crippen molar-refractivity contribution in [3.05, 3.63) is 35.4 Å². The number of nitrogens with zero attached hydrogens (tertiary/aromatic N) is 1. The molecule has 0 saturated carbocycles. The summed E-state index contributed by atoms with van der Waals surface area (Å²) in [5.41, 5.74) is -0.587. The molecule has 26 heavy (non-hydrogen) atoms. The first-order chi connectivity index (χ1) is 12.0. The number of oxime groups is 1. The zero-order valence-corrected chi connectivity index (χ0v) is 15.8. The van der Waals surface area contributed by atoms with Gasteiger partial charge in [-0.25, -0.2) is 0 Å². The average Bonchev–Trinajstić information content (AvgIpc) is 2.52. The van der Waals surface area contributed by atoms with Crippen LogP contribution in [0.3, 0.4) is 0 Å². The molecule has 1 aromatic rings. The molecule has 0 fully saturated rings. The van der Waals surface area contributed by atoms with Gasteiger partial charge in [-0.1, -0.05) is 74.0 Å². The summed E-state index contributed by atoms with van der Waals surface area (Å²) in [5.74, 6) is -0.0842. The predicted molar refractivity (Wildman–Crippen MR) is 95.3 cm³/mol. The van der Waals surface area contributed by atoms with Crippen LogP contribution in [0, 0.1) is 6.92 Å². The molecule has 5 nitrogen and oxygen atoms in total. The molecule has 150 valence electrons. The third-order valence-electron chi connectivity index (χ3n) is 3.45. The maximum Gasteiger partial charge on any atom is 0.437 e. The second-order valence-corrected chi connectivity index (χ2v) is 7.44. The maximum absolute atomic E-state index is 12.2. The van der Waals surface area contributed by atoms with Gasteiger partial charge in [0, 0.05) is 5.56 Å². The molecular weight excluding hydrogens is 371 g/mol. The van der Waals surface area contributed by atoms with E-state index < -0.39 is 22.0 Å². The summed E-state index contributed by atoms with van der Waals surface area (Å²) in [4.78, 5) is 0. The van der Waals surface area contributed by atoms with E-state index in [1.54, 1.807) is 6.92 Å². The lowest BCUT2D eigenvalue weighted by atomic mass is 10.1. The minimum Gasteiger partial charge on any atom is -0.410 e. The van der Waals surface area contributed by atoms with Crippen LogP contribution in [0.4, 0.5) is 13.2 Å². The third-order valence-corrected chi connectivity index (χ3v) is 4.25. The Labute approximate surface area is 152 Å². The van der Waals surface area contributed by atoms with Crippen LogP contribution in [0.15, 0.2) is 29.4 Å². The van der Waals surface area contributed by atoms with Crippen molar-refractivity contribution in [3.63, 3.8) is 0 Å². The minimum atomic E-state index is -4.63. The van der Waals surface area contributed by atoms with Crippen molar-refractivity contribution in [2.24, 2.45) is 5.16 Å². The molecule has 0 aliphatic carbocycles. The second kappa shape index (κ2) is 11.9. The van der Waals surface area contributed by atoms with Crippen LogP contribution in [-0.2, 0) is 10.1 Å². The van der Waals surface area contributed by atoms with Crippen molar-refractivity contribution in [1.82, 2.24) is 0 Å². The highest BCUT2D eigenvalue weighted by atomic mass is 32.2. The third kappa shape index (κ3) is 11.9. The lowest BCUT2D eigenvalue weighted by Crippen LogP contribution is -2.23. The van der Waals surface area contributed by atoms with Crippen molar-refractivity contribution in [2.45, 2.75) is 58.5 Å². The lowest BCUT2D eigenvalue weighted by Gasteiger charge is -2.08. The van der Waals surface area contributed by atoms with Gasteiger partial charge in [0.05, 0.1) is 5.75 Å². The van der Waals surface area contributed by atoms with Gasteiger partial charge in [0.2, 0.25) is 0 Å². The fraction of sp³-hybridized carbons (Fsp3) is 0.588. The highest BCUT2D eigenvalue weighted by Crippen LogP contribution is 2.22. The van der Waals surface area contributed by atoms with E-state index in [0.29, 0.717) is 6.42 Å². The van der Waals surface area contributed by atoms with E-state index in [1.807, 2.05) is 0 Å². The molecule has 0 aromatic heterocycles. The van der Waals surface area contributed by atoms with Crippen LogP contribution in [-0.4, -0.2) is 35.8 Å². The van der Waals surface area contributed by atoms with Gasteiger partial charge in [-0.05, 0) is 13.3 Å². The van der Waals surface area contributed by atoms with Crippen LogP contribution < -0.4 is 0 Å². The van der Waals surface area contributed by atoms with E-state index in [2.05, 4.69) is 12.1 Å². The van der Waals surface area contributed by atoms with Crippen LogP contribution in [0.5, 0.6) is 0 Å². The number of alkyl halides is 3. The van der Waals surface area contributed by atoms with E-state index in [4.69, 9.17) is 9.76 Å². The Balaban J connectivity index is 0.000000488. The molecular formula is C17H26F3NO4S. The minimum absolute atomic E-state index is 0.0842. The molecule has 0 aliphatic heterocycles. The Morgan fingerprint density at radius 1 is 1.04 bits per heavy atom. The van der Waals surface area contributed by atoms with Crippen LogP contribution in [0.2, 0.25) is 0 Å². The Morgan fingerprint density at radius 2 is 1.54 bits per heavy atom. The number of benzene rings is 1. The van der Waals surface area contributed by atoms with Gasteiger partial charge in [0.25, 0.3) is 10.1 Å². The Bertz CT molecular complexity index is 641. The van der Waals surface area contributed by atoms with Crippen molar-refractivity contribution in [3.8, 4) is 0 Å². The Hall–Kier alpha value is -1.61. The van der Waals surface area contributed by atoms with Crippen LogP contribution in [0.25, 0.3) is 0 Å². The molecule has 1 rings (SSSR count). The SMILES string of the molecule is CCCCCCCCS(=O)(=O)O.Cc1ccc(C(=NO)C(F)(F)F)cc1. The fourth-order valence-electron chi connectivity index (χ4n) is 2.05. The molecule has 2 N–H and O–H groups in total. The van der Waals surface area contributed by atoms with Gasteiger partial charge in [-0.3, -0.25) is 4.55 Å². The van der Waals surface area contributed by atoms with Gasteiger partial charge in [0.15, 0.2) is 5.71 Å². The Morgan fingerprint density at radius 3 is 1.96 bits per heavy atom. The summed E-state index contributed by atoms with van der Waals surface area (Å²) < 4.78 is 65.6. The summed E-state index contributed by atoms with van der Waals surface area (Å²) in [6.07, 6.45) is 1.50. The first-order valence-electron chi connectivity index (χ1n) is 8.32. The van der Waals surface area contributed by atoms with E-state index in [0.717, 1.165) is 18.4 Å². The zero-order chi connectivity index (χ0) is 20.2. The van der Waals surface area contributed by atoms with E-state index >= 15 is 0 Å². The van der Waals surface area contributed by atoms with Gasteiger partial charge in [0.1, 0.15) is 0 Å². The largest absolute Gasteiger partial charge is 0.437 e. The number of hydrogen-bond donors (Lipinski definition) is 2. The van der Waals surface area contributed by atoms with Gasteiger partial charge in [-0.15, -0.1) is 0 Å². The molecule has 1 aromatic carbocycles. The van der Waals surface area contributed by atoms with Crippen molar-refractivity contribution < 1.29 is 31.3 Å². The molecule has 0 bridgehead atoms. The summed E-state index contributed by atoms with van der Waals surface area (Å²) in [5, 5.41) is 10.5. The van der Waals surface area contributed by atoms with E-state index in [-0.39, 0.29) is 11.3 Å². The highest BCUT2D eigenvalue weighted by molar-refractivity contribution is 7.85. The number of unbranched alkanes of at least 4 members (excludes halogenated alkanes) is 5. The van der Waals surface area contributed by atoms with Gasteiger partial charge in [-0.2, -0.15) is 21.6 Å². The molecule has 0 radical (unpaired) electrons. The molecule has 0 aliphatic rings. The molecule has 0 saturated heterocycles. The topological polar surface area (TPSA) is 87.0 Å². The number of aryl methyl sites for hydroxylation is 1. The highest BCUT2D eigenvalue weighted by Gasteiger charge is 2.37. The van der Waals surface area contributed by atoms with Crippen molar-refractivity contribution in [1.29, 1.82) is 0 Å². The molecule has 9 heteroatoms. The number of hydrogen-bond acceptors (Lipinski definition) is 4. The van der Waals surface area contributed by atoms with Gasteiger partial charge < -0.3 is 5.21 Å². The first-order valence-corrected chi connectivity index (χ1v) is 9.93. The predicted octanol–water partition coefficient (Wildman–Crippen LogP) is 4.97. The summed E-state index contributed by atoms with van der Waals surface area (Å²) in [6.45, 7) is 3.89. The zero-order valence-electron chi connectivity index (χ0n) is 15.0. The normalized spacial score (nSPS) is 12.5. The molecule has 0 amide bonds. The summed E-state index contributed by atoms with van der Waals surface area (Å²) >= 11 is 0. The number of rotatable bonds is 8. The molecule has 0 atom stereocenters. The van der Waals surface area contributed by atoms with Crippen LogP contribution in [0.1, 0.15) is 56.6 Å². The van der Waals surface area contributed by atoms with E-state index in [1.165, 1.54) is 43.5 Å². The van der Waals surface area contributed by atoms with Crippen LogP contribution >= 0.6 is 0 Å². The Kier molecular flexibility index (Phi) is 11.2. The summed E-state index contributed by atoms with van der Waals surface area (Å²) in [7, 11) is -3.72. The molecule has 0 heterocycles. The number of halogens is 3. The summed E-state index contributed by atoms with van der Waals surface area (Å²) in [6, 6.07) is 5.56. The van der Waals surface area contributed by atoms with Crippen molar-refractivity contribution >= 4 is 15.8 Å². The fourth-order valence-corrected chi connectivity index (χ4v) is 2.62. The van der Waals surface area contributed by atoms with Gasteiger partial charge >= 0.3 is 6.18 Å². The van der Waals surface area contributed by atoms with Crippen molar-refractivity contribution in [2.75, 3.05) is 5.75 Å². The molecule has 0 spiro atoms. The molecule has 0 unspecified atom stereocenters. The quantitative estimate of drug-likeness (QED) is 0.213.